The van der Waals surface area contributed by atoms with Crippen LogP contribution in [0.25, 0.3) is 55.4 Å². The average Bonchev–Trinajstić information content (AvgIpc) is 2.93. The van der Waals surface area contributed by atoms with Crippen LogP contribution in [0.3, 0.4) is 0 Å². The predicted octanol–water partition coefficient (Wildman–Crippen LogP) is 8.70. The van der Waals surface area contributed by atoms with E-state index in [1.54, 1.807) is 0 Å². The molecule has 0 atom stereocenters. The first-order chi connectivity index (χ1) is 16.8. The Morgan fingerprint density at radius 3 is 1.63 bits per heavy atom. The van der Waals surface area contributed by atoms with Crippen molar-refractivity contribution in [1.29, 1.82) is 0 Å². The van der Waals surface area contributed by atoms with E-state index >= 15 is 0 Å². The third-order valence-corrected chi connectivity index (χ3v) is 6.19. The van der Waals surface area contributed by atoms with E-state index in [4.69, 9.17) is 4.98 Å². The van der Waals surface area contributed by atoms with E-state index < -0.39 is 0 Å². The van der Waals surface area contributed by atoms with Crippen molar-refractivity contribution in [2.75, 3.05) is 0 Å². The topological polar surface area (TPSA) is 12.9 Å². The molecule has 1 nitrogen and oxygen atoms in total. The average molecular weight is 625 g/mol. The van der Waals surface area contributed by atoms with Crippen LogP contribution in [0.4, 0.5) is 0 Å². The van der Waals surface area contributed by atoms with Crippen molar-refractivity contribution in [3.63, 3.8) is 0 Å². The van der Waals surface area contributed by atoms with Gasteiger partial charge in [-0.05, 0) is 62.5 Å². The molecule has 1 heterocycles. The van der Waals surface area contributed by atoms with Gasteiger partial charge >= 0.3 is 0 Å². The third-order valence-electron chi connectivity index (χ3n) is 6.19. The number of rotatable bonds is 4. The Labute approximate surface area is 219 Å². The monoisotopic (exact) mass is 625 g/mol. The van der Waals surface area contributed by atoms with Crippen LogP contribution < -0.4 is 0 Å². The first-order valence-corrected chi connectivity index (χ1v) is 11.5. The van der Waals surface area contributed by atoms with Crippen molar-refractivity contribution >= 4 is 10.8 Å². The van der Waals surface area contributed by atoms with Crippen LogP contribution in [-0.4, -0.2) is 4.98 Å². The van der Waals surface area contributed by atoms with Gasteiger partial charge in [-0.15, -0.1) is 35.4 Å². The Kier molecular flexibility index (Phi) is 6.68. The summed E-state index contributed by atoms with van der Waals surface area (Å²) in [6, 6.07) is 48.1. The fourth-order valence-electron chi connectivity index (χ4n) is 4.41. The van der Waals surface area contributed by atoms with E-state index in [-0.39, 0.29) is 20.1 Å². The number of nitrogens with zero attached hydrogens (tertiary/aromatic N) is 1. The maximum atomic E-state index is 4.71. The van der Waals surface area contributed by atoms with Crippen molar-refractivity contribution in [2.45, 2.75) is 0 Å². The second-order valence-electron chi connectivity index (χ2n) is 8.44. The molecule has 6 rings (SSSR count). The van der Waals surface area contributed by atoms with Gasteiger partial charge in [0.15, 0.2) is 0 Å². The molecule has 0 N–H and O–H groups in total. The van der Waals surface area contributed by atoms with Crippen molar-refractivity contribution < 1.29 is 20.1 Å². The molecule has 5 aromatic carbocycles. The molecule has 2 heteroatoms. The summed E-state index contributed by atoms with van der Waals surface area (Å²) in [7, 11) is 0. The number of benzene rings is 5. The summed E-state index contributed by atoms with van der Waals surface area (Å²) in [5.74, 6) is 0. The van der Waals surface area contributed by atoms with Crippen molar-refractivity contribution in [2.24, 2.45) is 0 Å². The standard InChI is InChI=1S/C33H22N.Ir/c1-3-10-24(11-4-1)30-19-31(25-12-5-2-6-13-25)21-32(20-30)26-16-9-17-28(18-26)33-22-27-14-7-8-15-29(27)23-34-33;/h1-16,18-23H;/q-1;. The zero-order valence-corrected chi connectivity index (χ0v) is 21.4. The van der Waals surface area contributed by atoms with Crippen LogP contribution in [0, 0.1) is 6.07 Å². The van der Waals surface area contributed by atoms with Gasteiger partial charge in [0.05, 0.1) is 0 Å². The summed E-state index contributed by atoms with van der Waals surface area (Å²) in [5, 5.41) is 2.33. The molecule has 0 amide bonds. The fourth-order valence-corrected chi connectivity index (χ4v) is 4.41. The predicted molar refractivity (Wildman–Crippen MR) is 142 cm³/mol. The number of fused-ring (bicyclic) bond motifs is 1. The molecule has 0 unspecified atom stereocenters. The molecule has 0 saturated carbocycles. The van der Waals surface area contributed by atoms with E-state index in [2.05, 4.69) is 121 Å². The molecule has 169 valence electrons. The summed E-state index contributed by atoms with van der Waals surface area (Å²) < 4.78 is 0. The first kappa shape index (κ1) is 22.9. The largest absolute Gasteiger partial charge is 0.304 e. The molecular weight excluding hydrogens is 603 g/mol. The Morgan fingerprint density at radius 1 is 0.457 bits per heavy atom. The Balaban J connectivity index is 0.00000253. The maximum Gasteiger partial charge on any atom is 0.0239 e. The summed E-state index contributed by atoms with van der Waals surface area (Å²) in [6.45, 7) is 0. The van der Waals surface area contributed by atoms with Gasteiger partial charge in [0.1, 0.15) is 0 Å². The molecule has 6 aromatic rings. The SMILES string of the molecule is [Ir].[c-]1ccc(-c2cc(-c3ccccc3)cc(-c3ccccc3)c2)cc1-c1cc2ccccc2cn1. The van der Waals surface area contributed by atoms with Crippen LogP contribution >= 0.6 is 0 Å². The van der Waals surface area contributed by atoms with E-state index in [1.165, 1.54) is 33.2 Å². The van der Waals surface area contributed by atoms with Gasteiger partial charge in [0.2, 0.25) is 0 Å². The Bertz CT molecular complexity index is 1530. The van der Waals surface area contributed by atoms with Gasteiger partial charge in [0.25, 0.3) is 0 Å². The van der Waals surface area contributed by atoms with E-state index in [1.807, 2.05) is 18.3 Å². The van der Waals surface area contributed by atoms with Gasteiger partial charge in [-0.3, -0.25) is 0 Å². The molecule has 0 spiro atoms. The zero-order chi connectivity index (χ0) is 22.7. The smallest absolute Gasteiger partial charge is 0.0239 e. The molecule has 0 aliphatic heterocycles. The van der Waals surface area contributed by atoms with Crippen LogP contribution in [0.1, 0.15) is 0 Å². The normalized spacial score (nSPS) is 10.6. The molecule has 0 fully saturated rings. The number of pyridine rings is 1. The first-order valence-electron chi connectivity index (χ1n) is 11.5. The number of aromatic nitrogens is 1. The second kappa shape index (κ2) is 10.2. The molecule has 0 aliphatic carbocycles. The minimum atomic E-state index is 0. The Hall–Kier alpha value is -3.84. The second-order valence-corrected chi connectivity index (χ2v) is 8.44. The quantitative estimate of drug-likeness (QED) is 0.179. The van der Waals surface area contributed by atoms with Crippen molar-refractivity contribution in [3.05, 3.63) is 140 Å². The van der Waals surface area contributed by atoms with Crippen molar-refractivity contribution in [1.82, 2.24) is 4.98 Å². The van der Waals surface area contributed by atoms with Gasteiger partial charge in [0, 0.05) is 26.3 Å². The van der Waals surface area contributed by atoms with E-state index in [0.29, 0.717) is 0 Å². The molecule has 1 aromatic heterocycles. The summed E-state index contributed by atoms with van der Waals surface area (Å²) in [5.41, 5.74) is 9.08. The molecule has 0 bridgehead atoms. The van der Waals surface area contributed by atoms with Crippen LogP contribution in [0.5, 0.6) is 0 Å². The van der Waals surface area contributed by atoms with Crippen molar-refractivity contribution in [3.8, 4) is 44.6 Å². The van der Waals surface area contributed by atoms with E-state index in [0.717, 1.165) is 22.2 Å². The van der Waals surface area contributed by atoms with Crippen LogP contribution in [0.15, 0.2) is 134 Å². The molecular formula is C33H22IrN-. The number of hydrogen-bond donors (Lipinski definition) is 0. The minimum Gasteiger partial charge on any atom is -0.304 e. The van der Waals surface area contributed by atoms with Gasteiger partial charge in [-0.25, -0.2) is 0 Å². The molecule has 1 radical (unpaired) electrons. The van der Waals surface area contributed by atoms with Gasteiger partial charge in [-0.2, -0.15) is 0 Å². The summed E-state index contributed by atoms with van der Waals surface area (Å²) >= 11 is 0. The summed E-state index contributed by atoms with van der Waals surface area (Å²) in [6.07, 6.45) is 1.94. The summed E-state index contributed by atoms with van der Waals surface area (Å²) in [4.78, 5) is 4.71. The maximum absolute atomic E-state index is 4.71. The molecule has 35 heavy (non-hydrogen) atoms. The Morgan fingerprint density at radius 2 is 1.00 bits per heavy atom. The van der Waals surface area contributed by atoms with Gasteiger partial charge in [-0.1, -0.05) is 91.0 Å². The van der Waals surface area contributed by atoms with Crippen LogP contribution in [0.2, 0.25) is 0 Å². The molecule has 0 aliphatic rings. The van der Waals surface area contributed by atoms with Crippen LogP contribution in [-0.2, 0) is 20.1 Å². The van der Waals surface area contributed by atoms with E-state index in [9.17, 15) is 0 Å². The number of hydrogen-bond acceptors (Lipinski definition) is 1. The minimum absolute atomic E-state index is 0. The fraction of sp³-hybridized carbons (Fsp3) is 0. The molecule has 0 saturated heterocycles. The zero-order valence-electron chi connectivity index (χ0n) is 19.0. The third kappa shape index (κ3) is 4.86. The van der Waals surface area contributed by atoms with Gasteiger partial charge < -0.3 is 4.98 Å².